The van der Waals surface area contributed by atoms with Gasteiger partial charge in [-0.2, -0.15) is 13.2 Å². The average molecular weight is 492 g/mol. The van der Waals surface area contributed by atoms with Crippen LogP contribution in [-0.4, -0.2) is 38.0 Å². The summed E-state index contributed by atoms with van der Waals surface area (Å²) in [6, 6.07) is 4.27. The molecule has 35 heavy (non-hydrogen) atoms. The van der Waals surface area contributed by atoms with E-state index in [4.69, 9.17) is 9.47 Å². The van der Waals surface area contributed by atoms with Gasteiger partial charge in [-0.05, 0) is 49.7 Å². The van der Waals surface area contributed by atoms with E-state index in [0.717, 1.165) is 17.8 Å². The molecular formula is C27H32F3NO4. The SMILES string of the molecule is COC(C)C1=C(C(=O)c2ccc(C(F)(F)F)cc2)C(C2CCOCC2)C2=C(CC(C)(C)CC2=O)N1. The molecule has 5 nitrogen and oxygen atoms in total. The van der Waals surface area contributed by atoms with Gasteiger partial charge in [0.1, 0.15) is 0 Å². The second-order valence-electron chi connectivity index (χ2n) is 10.5. The summed E-state index contributed by atoms with van der Waals surface area (Å²) in [7, 11) is 1.54. The van der Waals surface area contributed by atoms with E-state index < -0.39 is 23.8 Å². The van der Waals surface area contributed by atoms with Crippen molar-refractivity contribution in [3.8, 4) is 0 Å². The molecular weight excluding hydrogens is 459 g/mol. The van der Waals surface area contributed by atoms with Crippen LogP contribution >= 0.6 is 0 Å². The van der Waals surface area contributed by atoms with Gasteiger partial charge in [0, 0.05) is 55.1 Å². The fourth-order valence-corrected chi connectivity index (χ4v) is 5.54. The highest BCUT2D eigenvalue weighted by Crippen LogP contribution is 2.48. The van der Waals surface area contributed by atoms with Crippen LogP contribution in [0.2, 0.25) is 0 Å². The molecule has 0 saturated carbocycles. The standard InChI is InChI=1S/C27H32F3NO4/c1-15(34-4)24-23(25(33)17-5-7-18(8-6-17)27(28,29)30)21(16-9-11-35-12-10-16)22-19(31-24)13-26(2,3)14-20(22)32/h5-8,15-16,21,31H,9-14H2,1-4H3. The molecule has 190 valence electrons. The average Bonchev–Trinajstić information content (AvgIpc) is 2.81. The maximum atomic E-state index is 14.0. The third kappa shape index (κ3) is 5.09. The van der Waals surface area contributed by atoms with Gasteiger partial charge in [-0.25, -0.2) is 0 Å². The van der Waals surface area contributed by atoms with Crippen LogP contribution < -0.4 is 5.32 Å². The van der Waals surface area contributed by atoms with Crippen molar-refractivity contribution in [2.75, 3.05) is 20.3 Å². The lowest BCUT2D eigenvalue weighted by Gasteiger charge is -2.44. The van der Waals surface area contributed by atoms with Gasteiger partial charge in [-0.1, -0.05) is 26.0 Å². The van der Waals surface area contributed by atoms with Crippen molar-refractivity contribution in [3.63, 3.8) is 0 Å². The summed E-state index contributed by atoms with van der Waals surface area (Å²) in [6.45, 7) is 6.99. The first-order valence-electron chi connectivity index (χ1n) is 12.0. The van der Waals surface area contributed by atoms with Crippen LogP contribution in [0.5, 0.6) is 0 Å². The summed E-state index contributed by atoms with van der Waals surface area (Å²) in [6.07, 6.45) is -2.54. The van der Waals surface area contributed by atoms with Crippen LogP contribution in [0.3, 0.4) is 0 Å². The molecule has 8 heteroatoms. The Morgan fingerprint density at radius 3 is 2.34 bits per heavy atom. The second-order valence-corrected chi connectivity index (χ2v) is 10.5. The number of carbonyl (C=O) groups is 2. The third-order valence-corrected chi connectivity index (χ3v) is 7.33. The first-order chi connectivity index (χ1) is 16.4. The van der Waals surface area contributed by atoms with E-state index in [0.29, 0.717) is 55.7 Å². The Labute approximate surface area is 203 Å². The number of nitrogens with one attached hydrogen (secondary N) is 1. The number of carbonyl (C=O) groups excluding carboxylic acids is 2. The van der Waals surface area contributed by atoms with E-state index in [1.807, 2.05) is 20.8 Å². The molecule has 4 rings (SSSR count). The molecule has 2 aliphatic heterocycles. The zero-order chi connectivity index (χ0) is 25.5. The predicted octanol–water partition coefficient (Wildman–Crippen LogP) is 5.47. The Morgan fingerprint density at radius 1 is 1.14 bits per heavy atom. The minimum Gasteiger partial charge on any atom is -0.381 e. The van der Waals surface area contributed by atoms with Crippen LogP contribution in [0, 0.1) is 17.3 Å². The molecule has 0 spiro atoms. The summed E-state index contributed by atoms with van der Waals surface area (Å²) in [5, 5.41) is 3.38. The highest BCUT2D eigenvalue weighted by molar-refractivity contribution is 6.12. The Hall–Kier alpha value is -2.45. The summed E-state index contributed by atoms with van der Waals surface area (Å²) >= 11 is 0. The molecule has 3 aliphatic rings. The number of benzene rings is 1. The smallest absolute Gasteiger partial charge is 0.381 e. The Balaban J connectivity index is 1.85. The number of ketones is 2. The van der Waals surface area contributed by atoms with Gasteiger partial charge in [0.2, 0.25) is 0 Å². The molecule has 0 amide bonds. The van der Waals surface area contributed by atoms with Crippen LogP contribution in [0.4, 0.5) is 13.2 Å². The number of hydrogen-bond acceptors (Lipinski definition) is 5. The number of rotatable bonds is 5. The van der Waals surface area contributed by atoms with Crippen molar-refractivity contribution in [3.05, 3.63) is 57.9 Å². The molecule has 2 unspecified atom stereocenters. The predicted molar refractivity (Wildman–Crippen MR) is 124 cm³/mol. The van der Waals surface area contributed by atoms with E-state index in [2.05, 4.69) is 5.32 Å². The summed E-state index contributed by atoms with van der Waals surface area (Å²) in [4.78, 5) is 27.4. The third-order valence-electron chi connectivity index (χ3n) is 7.33. The van der Waals surface area contributed by atoms with Gasteiger partial charge in [0.15, 0.2) is 11.6 Å². The monoisotopic (exact) mass is 491 g/mol. The molecule has 1 N–H and O–H groups in total. The lowest BCUT2D eigenvalue weighted by atomic mass is 9.64. The highest BCUT2D eigenvalue weighted by atomic mass is 19.4. The molecule has 1 aromatic carbocycles. The van der Waals surface area contributed by atoms with Gasteiger partial charge in [-0.15, -0.1) is 0 Å². The van der Waals surface area contributed by atoms with Crippen molar-refractivity contribution >= 4 is 11.6 Å². The van der Waals surface area contributed by atoms with Crippen molar-refractivity contribution in [1.29, 1.82) is 0 Å². The highest BCUT2D eigenvalue weighted by Gasteiger charge is 2.46. The van der Waals surface area contributed by atoms with E-state index in [1.165, 1.54) is 12.1 Å². The zero-order valence-corrected chi connectivity index (χ0v) is 20.6. The molecule has 0 bridgehead atoms. The number of dihydropyridines is 1. The second kappa shape index (κ2) is 9.54. The van der Waals surface area contributed by atoms with Gasteiger partial charge in [-0.3, -0.25) is 9.59 Å². The summed E-state index contributed by atoms with van der Waals surface area (Å²) < 4.78 is 50.5. The minimum atomic E-state index is -4.49. The van der Waals surface area contributed by atoms with Gasteiger partial charge in [0.25, 0.3) is 0 Å². The number of methoxy groups -OCH3 is 1. The lowest BCUT2D eigenvalue weighted by molar-refractivity contribution is -0.137. The van der Waals surface area contributed by atoms with Crippen LogP contribution in [0.15, 0.2) is 46.8 Å². The topological polar surface area (TPSA) is 64.6 Å². The number of Topliss-reactive ketones (excluding diaryl/α,β-unsaturated/α-hetero) is 2. The van der Waals surface area contributed by atoms with E-state index in [9.17, 15) is 22.8 Å². The van der Waals surface area contributed by atoms with E-state index >= 15 is 0 Å². The van der Waals surface area contributed by atoms with Crippen molar-refractivity contribution in [1.82, 2.24) is 5.32 Å². The molecule has 1 saturated heterocycles. The summed E-state index contributed by atoms with van der Waals surface area (Å²) in [5.41, 5.74) is 1.57. The zero-order valence-electron chi connectivity index (χ0n) is 20.6. The first-order valence-corrected chi connectivity index (χ1v) is 12.0. The molecule has 1 fully saturated rings. The Bertz CT molecular complexity index is 1060. The van der Waals surface area contributed by atoms with E-state index in [-0.39, 0.29) is 28.5 Å². The lowest BCUT2D eigenvalue weighted by Crippen LogP contribution is -2.45. The van der Waals surface area contributed by atoms with Gasteiger partial charge >= 0.3 is 6.18 Å². The van der Waals surface area contributed by atoms with Gasteiger partial charge < -0.3 is 14.8 Å². The van der Waals surface area contributed by atoms with Crippen molar-refractivity contribution in [2.24, 2.45) is 17.3 Å². The quantitative estimate of drug-likeness (QED) is 0.554. The molecule has 1 aromatic rings. The van der Waals surface area contributed by atoms with Gasteiger partial charge in [0.05, 0.1) is 17.4 Å². The fourth-order valence-electron chi connectivity index (χ4n) is 5.54. The maximum absolute atomic E-state index is 14.0. The van der Waals surface area contributed by atoms with Crippen molar-refractivity contribution in [2.45, 2.75) is 58.7 Å². The van der Waals surface area contributed by atoms with Crippen LogP contribution in [-0.2, 0) is 20.4 Å². The minimum absolute atomic E-state index is 0.00784. The molecule has 0 radical (unpaired) electrons. The number of allylic oxidation sites excluding steroid dienone is 3. The molecule has 0 aromatic heterocycles. The number of ether oxygens (including phenoxy) is 2. The number of hydrogen-bond donors (Lipinski definition) is 1. The van der Waals surface area contributed by atoms with E-state index in [1.54, 1.807) is 7.11 Å². The Morgan fingerprint density at radius 2 is 1.77 bits per heavy atom. The molecule has 1 aliphatic carbocycles. The first kappa shape index (κ1) is 25.6. The normalized spacial score (nSPS) is 24.2. The Kier molecular flexibility index (Phi) is 6.99. The fraction of sp³-hybridized carbons (Fsp3) is 0.556. The molecule has 2 heterocycles. The number of halogens is 3. The molecule has 2 atom stereocenters. The maximum Gasteiger partial charge on any atom is 0.416 e. The van der Waals surface area contributed by atoms with Crippen LogP contribution in [0.1, 0.15) is 62.4 Å². The largest absolute Gasteiger partial charge is 0.416 e. The van der Waals surface area contributed by atoms with Crippen LogP contribution in [0.25, 0.3) is 0 Å². The van der Waals surface area contributed by atoms with Crippen molar-refractivity contribution < 1.29 is 32.2 Å². The summed E-state index contributed by atoms with van der Waals surface area (Å²) in [5.74, 6) is -0.817. The number of alkyl halides is 3.